The zero-order chi connectivity index (χ0) is 14.8. The van der Waals surface area contributed by atoms with Crippen molar-refractivity contribution in [1.82, 2.24) is 14.5 Å². The van der Waals surface area contributed by atoms with Crippen LogP contribution in [0, 0.1) is 0 Å². The number of nitrogens with zero attached hydrogens (tertiary/aromatic N) is 4. The van der Waals surface area contributed by atoms with E-state index in [1.807, 2.05) is 32.3 Å². The van der Waals surface area contributed by atoms with Gasteiger partial charge in [-0.3, -0.25) is 9.55 Å². The minimum absolute atomic E-state index is 0.543. The van der Waals surface area contributed by atoms with E-state index in [0.717, 1.165) is 34.7 Å². The van der Waals surface area contributed by atoms with Gasteiger partial charge in [0.25, 0.3) is 0 Å². The molecule has 108 valence electrons. The maximum atomic E-state index is 5.95. The van der Waals surface area contributed by atoms with Crippen LogP contribution in [-0.4, -0.2) is 34.5 Å². The van der Waals surface area contributed by atoms with Gasteiger partial charge < -0.3 is 4.90 Å². The fraction of sp³-hybridized carbons (Fsp3) is 0.250. The van der Waals surface area contributed by atoms with Crippen LogP contribution in [0.1, 0.15) is 5.82 Å². The Kier molecular flexibility index (Phi) is 3.80. The van der Waals surface area contributed by atoms with Crippen molar-refractivity contribution in [1.29, 1.82) is 0 Å². The van der Waals surface area contributed by atoms with Crippen molar-refractivity contribution in [2.75, 3.05) is 24.9 Å². The third kappa shape index (κ3) is 2.47. The molecule has 3 rings (SSSR count). The summed E-state index contributed by atoms with van der Waals surface area (Å²) in [6.45, 7) is 0. The smallest absolute Gasteiger partial charge is 0.115 e. The monoisotopic (exact) mass is 300 g/mol. The molecular formula is C16H17ClN4. The number of aromatic nitrogens is 3. The topological polar surface area (TPSA) is 34.0 Å². The number of hydrogen-bond donors (Lipinski definition) is 0. The molecule has 0 spiro atoms. The molecule has 3 aromatic rings. The van der Waals surface area contributed by atoms with Crippen LogP contribution in [0.5, 0.6) is 0 Å². The number of alkyl halides is 1. The normalized spacial score (nSPS) is 11.0. The van der Waals surface area contributed by atoms with Crippen LogP contribution in [0.2, 0.25) is 0 Å². The molecule has 0 unspecified atom stereocenters. The molecular weight excluding hydrogens is 284 g/mol. The number of imidazole rings is 1. The standard InChI is InChI=1S/C16H17ClN4/c1-20(2)14-5-3-4-6-15(14)21-13-8-10-18-11-12(13)19-16(21)7-9-17/h3-6,8,10-11H,7,9H2,1-2H3. The van der Waals surface area contributed by atoms with Gasteiger partial charge in [-0.25, -0.2) is 4.98 Å². The fourth-order valence-electron chi connectivity index (χ4n) is 2.53. The van der Waals surface area contributed by atoms with Crippen molar-refractivity contribution in [3.05, 3.63) is 48.5 Å². The second kappa shape index (κ2) is 5.74. The van der Waals surface area contributed by atoms with Crippen molar-refractivity contribution >= 4 is 28.3 Å². The summed E-state index contributed by atoms with van der Waals surface area (Å²) in [5.74, 6) is 1.50. The summed E-state index contributed by atoms with van der Waals surface area (Å²) >= 11 is 5.95. The van der Waals surface area contributed by atoms with E-state index < -0.39 is 0 Å². The molecule has 2 aromatic heterocycles. The number of aryl methyl sites for hydroxylation is 1. The van der Waals surface area contributed by atoms with Crippen molar-refractivity contribution in [3.63, 3.8) is 0 Å². The predicted molar refractivity (Wildman–Crippen MR) is 87.6 cm³/mol. The van der Waals surface area contributed by atoms with Crippen LogP contribution in [0.3, 0.4) is 0 Å². The first-order valence-corrected chi connectivity index (χ1v) is 7.40. The number of anilines is 1. The van der Waals surface area contributed by atoms with E-state index >= 15 is 0 Å². The van der Waals surface area contributed by atoms with E-state index in [4.69, 9.17) is 11.6 Å². The maximum Gasteiger partial charge on any atom is 0.115 e. The second-order valence-electron chi connectivity index (χ2n) is 5.05. The van der Waals surface area contributed by atoms with Crippen molar-refractivity contribution < 1.29 is 0 Å². The molecule has 1 aromatic carbocycles. The summed E-state index contributed by atoms with van der Waals surface area (Å²) in [4.78, 5) is 10.9. The summed E-state index contributed by atoms with van der Waals surface area (Å²) in [5.41, 5.74) is 4.20. The first kappa shape index (κ1) is 13.9. The Labute approximate surface area is 129 Å². The molecule has 0 aliphatic rings. The Morgan fingerprint density at radius 3 is 2.76 bits per heavy atom. The van der Waals surface area contributed by atoms with Gasteiger partial charge in [-0.1, -0.05) is 12.1 Å². The van der Waals surface area contributed by atoms with Gasteiger partial charge in [0.15, 0.2) is 0 Å². The van der Waals surface area contributed by atoms with Gasteiger partial charge in [0, 0.05) is 32.6 Å². The quantitative estimate of drug-likeness (QED) is 0.694. The summed E-state index contributed by atoms with van der Waals surface area (Å²) < 4.78 is 2.18. The number of pyridine rings is 1. The lowest BCUT2D eigenvalue weighted by molar-refractivity contribution is 0.907. The number of rotatable bonds is 4. The molecule has 21 heavy (non-hydrogen) atoms. The maximum absolute atomic E-state index is 5.95. The SMILES string of the molecule is CN(C)c1ccccc1-n1c(CCCl)nc2cnccc21. The van der Waals surface area contributed by atoms with Gasteiger partial charge in [0.1, 0.15) is 11.3 Å². The minimum atomic E-state index is 0.543. The predicted octanol–water partition coefficient (Wildman–Crippen LogP) is 3.27. The molecule has 4 nitrogen and oxygen atoms in total. The third-order valence-electron chi connectivity index (χ3n) is 3.45. The second-order valence-corrected chi connectivity index (χ2v) is 5.43. The van der Waals surface area contributed by atoms with E-state index in [-0.39, 0.29) is 0 Å². The number of benzene rings is 1. The Balaban J connectivity index is 2.31. The summed E-state index contributed by atoms with van der Waals surface area (Å²) in [5, 5.41) is 0. The van der Waals surface area contributed by atoms with E-state index in [9.17, 15) is 0 Å². The van der Waals surface area contributed by atoms with Gasteiger partial charge in [-0.15, -0.1) is 11.6 Å². The molecule has 0 bridgehead atoms. The lowest BCUT2D eigenvalue weighted by atomic mass is 10.2. The average molecular weight is 301 g/mol. The summed E-state index contributed by atoms with van der Waals surface area (Å²) in [6, 6.07) is 10.3. The van der Waals surface area contributed by atoms with Crippen molar-refractivity contribution in [3.8, 4) is 5.69 Å². The Morgan fingerprint density at radius 1 is 1.19 bits per heavy atom. The third-order valence-corrected chi connectivity index (χ3v) is 3.64. The number of hydrogen-bond acceptors (Lipinski definition) is 3. The van der Waals surface area contributed by atoms with Gasteiger partial charge in [-0.2, -0.15) is 0 Å². The molecule has 0 atom stereocenters. The Hall–Kier alpha value is -2.07. The van der Waals surface area contributed by atoms with Crippen molar-refractivity contribution in [2.24, 2.45) is 0 Å². The fourth-order valence-corrected chi connectivity index (χ4v) is 2.70. The molecule has 0 N–H and O–H groups in total. The minimum Gasteiger partial charge on any atom is -0.376 e. The molecule has 5 heteroatoms. The molecule has 0 radical (unpaired) electrons. The molecule has 0 amide bonds. The van der Waals surface area contributed by atoms with Gasteiger partial charge in [-0.05, 0) is 18.2 Å². The highest BCUT2D eigenvalue weighted by Crippen LogP contribution is 2.28. The van der Waals surface area contributed by atoms with Crippen LogP contribution < -0.4 is 4.90 Å². The number of fused-ring (bicyclic) bond motifs is 1. The molecule has 0 fully saturated rings. The van der Waals surface area contributed by atoms with Crippen LogP contribution in [-0.2, 0) is 6.42 Å². The van der Waals surface area contributed by atoms with E-state index in [2.05, 4.69) is 31.6 Å². The Bertz CT molecular complexity index is 764. The lowest BCUT2D eigenvalue weighted by Gasteiger charge is -2.19. The highest BCUT2D eigenvalue weighted by molar-refractivity contribution is 6.17. The van der Waals surface area contributed by atoms with Crippen LogP contribution in [0.25, 0.3) is 16.7 Å². The van der Waals surface area contributed by atoms with E-state index in [1.54, 1.807) is 12.4 Å². The first-order chi connectivity index (χ1) is 10.2. The van der Waals surface area contributed by atoms with E-state index in [0.29, 0.717) is 5.88 Å². The molecule has 0 saturated carbocycles. The van der Waals surface area contributed by atoms with Crippen LogP contribution in [0.4, 0.5) is 5.69 Å². The first-order valence-electron chi connectivity index (χ1n) is 6.86. The van der Waals surface area contributed by atoms with Gasteiger partial charge >= 0.3 is 0 Å². The Morgan fingerprint density at radius 2 is 2.00 bits per heavy atom. The zero-order valence-corrected chi connectivity index (χ0v) is 12.9. The zero-order valence-electron chi connectivity index (χ0n) is 12.1. The van der Waals surface area contributed by atoms with Crippen LogP contribution >= 0.6 is 11.6 Å². The van der Waals surface area contributed by atoms with Crippen molar-refractivity contribution in [2.45, 2.75) is 6.42 Å². The highest BCUT2D eigenvalue weighted by atomic mass is 35.5. The van der Waals surface area contributed by atoms with Crippen LogP contribution in [0.15, 0.2) is 42.7 Å². The molecule has 0 aliphatic heterocycles. The average Bonchev–Trinajstić information content (AvgIpc) is 2.85. The number of para-hydroxylation sites is 2. The van der Waals surface area contributed by atoms with Gasteiger partial charge in [0.2, 0.25) is 0 Å². The summed E-state index contributed by atoms with van der Waals surface area (Å²) in [7, 11) is 4.08. The number of halogens is 1. The molecule has 0 saturated heterocycles. The molecule has 2 heterocycles. The van der Waals surface area contributed by atoms with E-state index in [1.165, 1.54) is 0 Å². The highest BCUT2D eigenvalue weighted by Gasteiger charge is 2.15. The lowest BCUT2D eigenvalue weighted by Crippen LogP contribution is -2.13. The summed E-state index contributed by atoms with van der Waals surface area (Å²) in [6.07, 6.45) is 4.31. The largest absolute Gasteiger partial charge is 0.376 e. The molecule has 0 aliphatic carbocycles. The van der Waals surface area contributed by atoms with Gasteiger partial charge in [0.05, 0.1) is 23.1 Å².